The normalized spacial score (nSPS) is 12.2. The van der Waals surface area contributed by atoms with Crippen LogP contribution in [-0.4, -0.2) is 47.6 Å². The first-order valence-corrected chi connectivity index (χ1v) is 7.69. The number of likely N-dealkylation sites (N-methyl/N-ethyl adjacent to an activating group) is 1. The van der Waals surface area contributed by atoms with Crippen LogP contribution in [0.25, 0.3) is 0 Å². The summed E-state index contributed by atoms with van der Waals surface area (Å²) in [5, 5.41) is 4.77. The van der Waals surface area contributed by atoms with E-state index < -0.39 is 10.0 Å². The van der Waals surface area contributed by atoms with E-state index in [0.29, 0.717) is 24.5 Å². The molecular weight excluding hydrogens is 258 g/mol. The maximum Gasteiger partial charge on any atom is 0.241 e. The van der Waals surface area contributed by atoms with Gasteiger partial charge >= 0.3 is 0 Å². The smallest absolute Gasteiger partial charge is 0.241 e. The highest BCUT2D eigenvalue weighted by Gasteiger charge is 2.18. The second-order valence-electron chi connectivity index (χ2n) is 3.94. The van der Waals surface area contributed by atoms with Crippen molar-refractivity contribution < 1.29 is 8.42 Å². The highest BCUT2D eigenvalue weighted by atomic mass is 32.2. The lowest BCUT2D eigenvalue weighted by molar-refractivity contribution is 0.412. The van der Waals surface area contributed by atoms with Crippen LogP contribution in [0.2, 0.25) is 0 Å². The predicted octanol–water partition coefficient (Wildman–Crippen LogP) is 0.307. The zero-order valence-corrected chi connectivity index (χ0v) is 12.0. The minimum atomic E-state index is -3.37. The first-order valence-electron chi connectivity index (χ1n) is 5.32. The van der Waals surface area contributed by atoms with E-state index in [1.54, 1.807) is 18.5 Å². The molecule has 5 nitrogen and oxygen atoms in total. The van der Waals surface area contributed by atoms with Gasteiger partial charge in [0.1, 0.15) is 0 Å². The molecule has 0 saturated carbocycles. The Morgan fingerprint density at radius 2 is 2.12 bits per heavy atom. The number of thiophene rings is 1. The van der Waals surface area contributed by atoms with Gasteiger partial charge in [-0.15, -0.1) is 11.3 Å². The van der Waals surface area contributed by atoms with Gasteiger partial charge in [-0.2, -0.15) is 0 Å². The van der Waals surface area contributed by atoms with Crippen molar-refractivity contribution >= 4 is 21.4 Å². The second kappa shape index (κ2) is 6.46. The average molecular weight is 277 g/mol. The summed E-state index contributed by atoms with van der Waals surface area (Å²) in [5.41, 5.74) is 0. The topological polar surface area (TPSA) is 61.4 Å². The van der Waals surface area contributed by atoms with E-state index in [-0.39, 0.29) is 0 Å². The summed E-state index contributed by atoms with van der Waals surface area (Å²) in [6, 6.07) is 1.65. The fraction of sp³-hybridized carbons (Fsp3) is 0.600. The van der Waals surface area contributed by atoms with E-state index >= 15 is 0 Å². The predicted molar refractivity (Wildman–Crippen MR) is 70.8 cm³/mol. The van der Waals surface area contributed by atoms with Gasteiger partial charge in [0.15, 0.2) is 0 Å². The number of nitrogens with zero attached hydrogens (tertiary/aromatic N) is 1. The van der Waals surface area contributed by atoms with Crippen molar-refractivity contribution in [1.29, 1.82) is 0 Å². The molecule has 0 unspecified atom stereocenters. The summed E-state index contributed by atoms with van der Waals surface area (Å²) in [5.74, 6) is 0. The van der Waals surface area contributed by atoms with Crippen molar-refractivity contribution in [2.45, 2.75) is 11.4 Å². The number of hydrogen-bond acceptors (Lipinski definition) is 5. The van der Waals surface area contributed by atoms with E-state index in [4.69, 9.17) is 0 Å². The Hall–Kier alpha value is -0.470. The molecule has 1 rings (SSSR count). The van der Waals surface area contributed by atoms with Gasteiger partial charge in [0, 0.05) is 24.5 Å². The van der Waals surface area contributed by atoms with Gasteiger partial charge < -0.3 is 10.2 Å². The van der Waals surface area contributed by atoms with E-state index in [0.717, 1.165) is 4.88 Å². The average Bonchev–Trinajstić information content (AvgIpc) is 2.66. The van der Waals surface area contributed by atoms with Crippen molar-refractivity contribution in [3.63, 3.8) is 0 Å². The lowest BCUT2D eigenvalue weighted by Gasteiger charge is -2.11. The zero-order valence-electron chi connectivity index (χ0n) is 10.4. The van der Waals surface area contributed by atoms with Gasteiger partial charge in [0.25, 0.3) is 0 Å². The summed E-state index contributed by atoms with van der Waals surface area (Å²) >= 11 is 1.45. The minimum Gasteiger partial charge on any atom is -0.315 e. The molecule has 0 aliphatic rings. The van der Waals surface area contributed by atoms with Gasteiger partial charge in [0.05, 0.1) is 4.90 Å². The minimum absolute atomic E-state index is 0.385. The van der Waals surface area contributed by atoms with Crippen molar-refractivity contribution in [2.75, 3.05) is 34.2 Å². The van der Waals surface area contributed by atoms with Crippen LogP contribution in [0.15, 0.2) is 16.3 Å². The Morgan fingerprint density at radius 1 is 1.41 bits per heavy atom. The molecule has 7 heteroatoms. The van der Waals surface area contributed by atoms with E-state index in [1.807, 2.05) is 19.0 Å². The molecule has 0 radical (unpaired) electrons. The molecule has 1 aromatic rings. The Labute approximate surface area is 107 Å². The monoisotopic (exact) mass is 277 g/mol. The first kappa shape index (κ1) is 14.6. The number of nitrogens with one attached hydrogen (secondary N) is 2. The van der Waals surface area contributed by atoms with Gasteiger partial charge in [-0.05, 0) is 32.6 Å². The number of hydrogen-bond donors (Lipinski definition) is 2. The van der Waals surface area contributed by atoms with Crippen LogP contribution in [0, 0.1) is 0 Å². The maximum atomic E-state index is 12.0. The molecule has 0 fully saturated rings. The van der Waals surface area contributed by atoms with Gasteiger partial charge in [-0.1, -0.05) is 0 Å². The van der Waals surface area contributed by atoms with E-state index in [2.05, 4.69) is 10.0 Å². The van der Waals surface area contributed by atoms with E-state index in [1.165, 1.54) is 11.3 Å². The van der Waals surface area contributed by atoms with Crippen LogP contribution < -0.4 is 10.0 Å². The fourth-order valence-electron chi connectivity index (χ4n) is 1.34. The third-order valence-electron chi connectivity index (χ3n) is 2.18. The Kier molecular flexibility index (Phi) is 5.54. The molecule has 0 saturated heterocycles. The molecule has 1 heterocycles. The quantitative estimate of drug-likeness (QED) is 0.753. The largest absolute Gasteiger partial charge is 0.315 e. The molecule has 0 aliphatic carbocycles. The molecule has 0 aromatic carbocycles. The van der Waals surface area contributed by atoms with Crippen molar-refractivity contribution in [1.82, 2.24) is 14.9 Å². The molecule has 0 aliphatic heterocycles. The summed E-state index contributed by atoms with van der Waals surface area (Å²) in [7, 11) is 2.25. The Balaban J connectivity index is 2.72. The lowest BCUT2D eigenvalue weighted by atomic mass is 10.5. The molecule has 0 atom stereocenters. The maximum absolute atomic E-state index is 12.0. The SMILES string of the molecule is CNCc1sccc1S(=O)(=O)NCCN(C)C. The summed E-state index contributed by atoms with van der Waals surface area (Å²) < 4.78 is 26.6. The Bertz CT molecular complexity index is 440. The van der Waals surface area contributed by atoms with Crippen LogP contribution in [0.1, 0.15) is 4.88 Å². The van der Waals surface area contributed by atoms with Crippen molar-refractivity contribution in [3.05, 3.63) is 16.3 Å². The molecule has 0 spiro atoms. The van der Waals surface area contributed by atoms with E-state index in [9.17, 15) is 8.42 Å². The molecular formula is C10H19N3O2S2. The molecule has 0 bridgehead atoms. The third-order valence-corrected chi connectivity index (χ3v) is 4.78. The van der Waals surface area contributed by atoms with Crippen LogP contribution in [-0.2, 0) is 16.6 Å². The van der Waals surface area contributed by atoms with Crippen LogP contribution >= 0.6 is 11.3 Å². The van der Waals surface area contributed by atoms with Crippen molar-refractivity contribution in [3.8, 4) is 0 Å². The van der Waals surface area contributed by atoms with Crippen LogP contribution in [0.5, 0.6) is 0 Å². The van der Waals surface area contributed by atoms with Gasteiger partial charge in [0.2, 0.25) is 10.0 Å². The third kappa shape index (κ3) is 4.36. The van der Waals surface area contributed by atoms with Crippen LogP contribution in [0.3, 0.4) is 0 Å². The molecule has 17 heavy (non-hydrogen) atoms. The molecule has 2 N–H and O–H groups in total. The summed E-state index contributed by atoms with van der Waals surface area (Å²) in [6.07, 6.45) is 0. The standard InChI is InChI=1S/C10H19N3O2S2/c1-11-8-9-10(4-7-16-9)17(14,15)12-5-6-13(2)3/h4,7,11-12H,5-6,8H2,1-3H3. The highest BCUT2D eigenvalue weighted by molar-refractivity contribution is 7.89. The zero-order chi connectivity index (χ0) is 12.9. The van der Waals surface area contributed by atoms with Gasteiger partial charge in [-0.3, -0.25) is 0 Å². The molecule has 1 aromatic heterocycles. The number of rotatable bonds is 7. The molecule has 0 amide bonds. The summed E-state index contributed by atoms with van der Waals surface area (Å²) in [6.45, 7) is 1.68. The van der Waals surface area contributed by atoms with Gasteiger partial charge in [-0.25, -0.2) is 13.1 Å². The van der Waals surface area contributed by atoms with Crippen LogP contribution in [0.4, 0.5) is 0 Å². The summed E-state index contributed by atoms with van der Waals surface area (Å²) in [4.78, 5) is 3.16. The van der Waals surface area contributed by atoms with Crippen molar-refractivity contribution in [2.24, 2.45) is 0 Å². The Morgan fingerprint density at radius 3 is 2.71 bits per heavy atom. The molecule has 98 valence electrons. The fourth-order valence-corrected chi connectivity index (χ4v) is 3.81. The lowest BCUT2D eigenvalue weighted by Crippen LogP contribution is -2.31. The second-order valence-corrected chi connectivity index (χ2v) is 6.68. The first-order chi connectivity index (χ1) is 7.97. The highest BCUT2D eigenvalue weighted by Crippen LogP contribution is 2.21. The number of sulfonamides is 1.